The third-order valence-corrected chi connectivity index (χ3v) is 8.62. The van der Waals surface area contributed by atoms with Crippen molar-refractivity contribution < 1.29 is 23.1 Å². The van der Waals surface area contributed by atoms with E-state index in [-0.39, 0.29) is 11.4 Å². The molecule has 8 nitrogen and oxygen atoms in total. The average molecular weight is 492 g/mol. The van der Waals surface area contributed by atoms with Crippen LogP contribution in [0.4, 0.5) is 16.2 Å². The van der Waals surface area contributed by atoms with Gasteiger partial charge in [-0.1, -0.05) is 54.6 Å². The number of amides is 2. The Bertz CT molecular complexity index is 1280. The quantitative estimate of drug-likeness (QED) is 0.583. The summed E-state index contributed by atoms with van der Waals surface area (Å²) in [4.78, 5) is 29.4. The maximum absolute atomic E-state index is 14.0. The lowest BCUT2D eigenvalue weighted by Gasteiger charge is -2.45. The third kappa shape index (κ3) is 4.06. The Labute approximate surface area is 204 Å². The van der Waals surface area contributed by atoms with E-state index in [0.717, 1.165) is 0 Å². The van der Waals surface area contributed by atoms with Crippen LogP contribution in [0.1, 0.15) is 12.8 Å². The highest BCUT2D eigenvalue weighted by atomic mass is 32.2. The Balaban J connectivity index is 1.54. The summed E-state index contributed by atoms with van der Waals surface area (Å²) in [6, 6.07) is 22.9. The molecule has 2 amide bonds. The molecular formula is C26H25N3O5S. The minimum atomic E-state index is -3.92. The molecule has 180 valence electrons. The average Bonchev–Trinajstić information content (AvgIpc) is 3.20. The van der Waals surface area contributed by atoms with E-state index < -0.39 is 40.1 Å². The molecule has 2 bridgehead atoms. The van der Waals surface area contributed by atoms with Crippen molar-refractivity contribution in [2.45, 2.75) is 35.9 Å². The summed E-state index contributed by atoms with van der Waals surface area (Å²) in [7, 11) is -3.92. The molecule has 0 saturated carbocycles. The maximum atomic E-state index is 14.0. The van der Waals surface area contributed by atoms with Crippen LogP contribution in [0.15, 0.2) is 95.9 Å². The number of hydrogen-bond acceptors (Lipinski definition) is 4. The van der Waals surface area contributed by atoms with Crippen LogP contribution in [0.2, 0.25) is 0 Å². The van der Waals surface area contributed by atoms with Gasteiger partial charge in [-0.15, -0.1) is 0 Å². The van der Waals surface area contributed by atoms with Crippen molar-refractivity contribution >= 4 is 33.4 Å². The number of aliphatic carboxylic acids is 1. The van der Waals surface area contributed by atoms with Crippen LogP contribution in [0.5, 0.6) is 0 Å². The number of likely N-dealkylation sites (tertiary alicyclic amines) is 1. The lowest BCUT2D eigenvalue weighted by Crippen LogP contribution is -2.66. The van der Waals surface area contributed by atoms with Crippen LogP contribution >= 0.6 is 0 Å². The number of carbonyl (C=O) groups is 2. The molecule has 1 N–H and O–H groups in total. The van der Waals surface area contributed by atoms with Crippen molar-refractivity contribution in [1.82, 2.24) is 9.21 Å². The van der Waals surface area contributed by atoms with Crippen molar-refractivity contribution in [1.29, 1.82) is 0 Å². The highest BCUT2D eigenvalue weighted by Crippen LogP contribution is 2.40. The van der Waals surface area contributed by atoms with Gasteiger partial charge in [0.2, 0.25) is 10.0 Å². The van der Waals surface area contributed by atoms with Crippen molar-refractivity contribution in [2.75, 3.05) is 11.4 Å². The van der Waals surface area contributed by atoms with Gasteiger partial charge in [-0.25, -0.2) is 18.0 Å². The molecule has 9 heteroatoms. The molecule has 0 unspecified atom stereocenters. The molecule has 2 aliphatic heterocycles. The topological polar surface area (TPSA) is 98.2 Å². The van der Waals surface area contributed by atoms with Gasteiger partial charge in [-0.05, 0) is 49.2 Å². The molecule has 2 aliphatic rings. The van der Waals surface area contributed by atoms with Crippen LogP contribution in [0.25, 0.3) is 0 Å². The lowest BCUT2D eigenvalue weighted by atomic mass is 10.1. The molecule has 2 saturated heterocycles. The number of benzene rings is 3. The van der Waals surface area contributed by atoms with Gasteiger partial charge in [0.25, 0.3) is 0 Å². The van der Waals surface area contributed by atoms with Crippen molar-refractivity contribution in [3.63, 3.8) is 0 Å². The second kappa shape index (κ2) is 9.16. The van der Waals surface area contributed by atoms with E-state index in [1.807, 2.05) is 12.1 Å². The number of hydrogen-bond donors (Lipinski definition) is 1. The predicted octanol–water partition coefficient (Wildman–Crippen LogP) is 3.94. The third-order valence-electron chi connectivity index (χ3n) is 6.63. The molecule has 2 fully saturated rings. The lowest BCUT2D eigenvalue weighted by molar-refractivity contribution is -0.145. The molecule has 3 atom stereocenters. The van der Waals surface area contributed by atoms with Crippen LogP contribution in [-0.4, -0.2) is 59.4 Å². The molecule has 5 rings (SSSR count). The second-order valence-corrected chi connectivity index (χ2v) is 10.5. The van der Waals surface area contributed by atoms with Crippen molar-refractivity contribution in [3.05, 3.63) is 91.0 Å². The maximum Gasteiger partial charge on any atom is 0.329 e. The minimum absolute atomic E-state index is 0.00543. The van der Waals surface area contributed by atoms with Crippen molar-refractivity contribution in [3.8, 4) is 0 Å². The van der Waals surface area contributed by atoms with Gasteiger partial charge in [0.15, 0.2) is 0 Å². The smallest absolute Gasteiger partial charge is 0.329 e. The summed E-state index contributed by atoms with van der Waals surface area (Å²) in [6.07, 6.45) is 0.856. The number of piperazine rings is 1. The number of sulfonamides is 1. The normalized spacial score (nSPS) is 22.1. The van der Waals surface area contributed by atoms with E-state index in [2.05, 4.69) is 0 Å². The van der Waals surface area contributed by atoms with Crippen LogP contribution in [0, 0.1) is 0 Å². The highest BCUT2D eigenvalue weighted by Gasteiger charge is 2.56. The summed E-state index contributed by atoms with van der Waals surface area (Å²) in [6.45, 7) is -0.00543. The van der Waals surface area contributed by atoms with E-state index in [9.17, 15) is 23.1 Å². The first-order valence-electron chi connectivity index (χ1n) is 11.4. The van der Waals surface area contributed by atoms with E-state index in [4.69, 9.17) is 0 Å². The molecule has 0 aliphatic carbocycles. The standard InChI is InChI=1S/C26H25N3O5S/c30-25(31)24-23-17-16-21(29(23)35(33,34)22-14-8-3-9-15-22)18-27(24)26(32)28(19-10-4-1-5-11-19)20-12-6-2-7-13-20/h1-15,21,23-24H,16-18H2,(H,30,31)/t21-,23+,24-/m0/s1. The summed E-state index contributed by atoms with van der Waals surface area (Å²) in [5.41, 5.74) is 1.19. The number of carboxylic acid groups (broad SMARTS) is 1. The van der Waals surface area contributed by atoms with Crippen LogP contribution in [-0.2, 0) is 14.8 Å². The molecular weight excluding hydrogens is 466 g/mol. The number of urea groups is 1. The SMILES string of the molecule is O=C(O)[C@@H]1[C@H]2CC[C@@H](CN1C(=O)N(c1ccccc1)c1ccccc1)N2S(=O)(=O)c1ccccc1. The Morgan fingerprint density at radius 1 is 0.800 bits per heavy atom. The van der Waals surface area contributed by atoms with Gasteiger partial charge in [0.05, 0.1) is 22.3 Å². The molecule has 3 aromatic rings. The molecule has 0 aromatic heterocycles. The fourth-order valence-electron chi connectivity index (χ4n) is 5.14. The zero-order valence-electron chi connectivity index (χ0n) is 18.8. The first kappa shape index (κ1) is 23.1. The van der Waals surface area contributed by atoms with Crippen LogP contribution < -0.4 is 4.90 Å². The monoisotopic (exact) mass is 491 g/mol. The summed E-state index contributed by atoms with van der Waals surface area (Å²) in [5, 5.41) is 10.2. The van der Waals surface area contributed by atoms with E-state index in [1.165, 1.54) is 26.2 Å². The van der Waals surface area contributed by atoms with Gasteiger partial charge in [0, 0.05) is 12.6 Å². The highest BCUT2D eigenvalue weighted by molar-refractivity contribution is 7.89. The number of anilines is 2. The summed E-state index contributed by atoms with van der Waals surface area (Å²) in [5.74, 6) is -1.22. The van der Waals surface area contributed by atoms with E-state index >= 15 is 0 Å². The van der Waals surface area contributed by atoms with Gasteiger partial charge in [-0.3, -0.25) is 4.90 Å². The zero-order valence-corrected chi connectivity index (χ0v) is 19.7. The van der Waals surface area contributed by atoms with E-state index in [1.54, 1.807) is 66.7 Å². The number of para-hydroxylation sites is 2. The Morgan fingerprint density at radius 3 is 1.83 bits per heavy atom. The molecule has 3 aromatic carbocycles. The van der Waals surface area contributed by atoms with Crippen molar-refractivity contribution in [2.24, 2.45) is 0 Å². The summed E-state index contributed by atoms with van der Waals surface area (Å²) >= 11 is 0. The first-order valence-corrected chi connectivity index (χ1v) is 12.9. The minimum Gasteiger partial charge on any atom is -0.480 e. The second-order valence-electron chi connectivity index (χ2n) is 8.67. The fraction of sp³-hybridized carbons (Fsp3) is 0.231. The number of nitrogens with zero attached hydrogens (tertiary/aromatic N) is 3. The fourth-order valence-corrected chi connectivity index (χ4v) is 7.03. The van der Waals surface area contributed by atoms with Gasteiger partial charge in [0.1, 0.15) is 6.04 Å². The van der Waals surface area contributed by atoms with Gasteiger partial charge in [-0.2, -0.15) is 4.31 Å². The predicted molar refractivity (Wildman–Crippen MR) is 131 cm³/mol. The Hall–Kier alpha value is -3.69. The van der Waals surface area contributed by atoms with Gasteiger partial charge >= 0.3 is 12.0 Å². The zero-order chi connectivity index (χ0) is 24.6. The largest absolute Gasteiger partial charge is 0.480 e. The molecule has 0 spiro atoms. The Morgan fingerprint density at radius 2 is 1.31 bits per heavy atom. The Kier molecular flexibility index (Phi) is 6.04. The van der Waals surface area contributed by atoms with Gasteiger partial charge < -0.3 is 10.0 Å². The molecule has 2 heterocycles. The number of rotatable bonds is 5. The molecule has 35 heavy (non-hydrogen) atoms. The first-order chi connectivity index (χ1) is 16.9. The molecule has 0 radical (unpaired) electrons. The van der Waals surface area contributed by atoms with E-state index in [0.29, 0.717) is 24.2 Å². The number of fused-ring (bicyclic) bond motifs is 2. The number of carbonyl (C=O) groups excluding carboxylic acids is 1. The number of carboxylic acids is 1. The van der Waals surface area contributed by atoms with Crippen LogP contribution in [0.3, 0.4) is 0 Å². The summed E-state index contributed by atoms with van der Waals surface area (Å²) < 4.78 is 28.3.